The van der Waals surface area contributed by atoms with E-state index in [4.69, 9.17) is 9.47 Å². The minimum Gasteiger partial charge on any atom is -0.492 e. The summed E-state index contributed by atoms with van der Waals surface area (Å²) in [7, 11) is 0. The van der Waals surface area contributed by atoms with Gasteiger partial charge in [0.15, 0.2) is 0 Å². The normalized spacial score (nSPS) is 24.0. The summed E-state index contributed by atoms with van der Waals surface area (Å²) >= 11 is 1.29. The molecule has 3 aromatic rings. The molecular weight excluding hydrogens is 496 g/mol. The van der Waals surface area contributed by atoms with Gasteiger partial charge in [0.25, 0.3) is 0 Å². The highest BCUT2D eigenvalue weighted by Gasteiger charge is 2.35. The van der Waals surface area contributed by atoms with Crippen LogP contribution in [0.2, 0.25) is 0 Å². The number of benzene rings is 2. The van der Waals surface area contributed by atoms with E-state index in [1.54, 1.807) is 0 Å². The number of carbonyl (C=O) groups is 1. The molecule has 2 N–H and O–H groups in total. The lowest BCUT2D eigenvalue weighted by Crippen LogP contribution is -2.62. The number of hydrogen-bond acceptors (Lipinski definition) is 6. The Bertz CT molecular complexity index is 1350. The summed E-state index contributed by atoms with van der Waals surface area (Å²) < 4.78 is 16.4. The molecule has 38 heavy (non-hydrogen) atoms. The fraction of sp³-hybridized carbons (Fsp3) is 0.500. The monoisotopic (exact) mass is 534 g/mol. The fourth-order valence-electron chi connectivity index (χ4n) is 6.56. The number of nitrogens with zero attached hydrogens (tertiary/aromatic N) is 2. The summed E-state index contributed by atoms with van der Waals surface area (Å²) in [5, 5.41) is 4.99. The van der Waals surface area contributed by atoms with Gasteiger partial charge in [-0.3, -0.25) is 5.32 Å². The number of fused-ring (bicyclic) bond motifs is 4. The van der Waals surface area contributed by atoms with Crippen LogP contribution in [0.25, 0.3) is 22.2 Å². The number of para-hydroxylation sites is 1. The topological polar surface area (TPSA) is 67.8 Å². The molecule has 1 saturated carbocycles. The second-order valence-electron chi connectivity index (χ2n) is 11.5. The van der Waals surface area contributed by atoms with Crippen molar-refractivity contribution in [2.24, 2.45) is 5.92 Å². The van der Waals surface area contributed by atoms with Gasteiger partial charge in [-0.1, -0.05) is 31.4 Å². The van der Waals surface area contributed by atoms with Crippen LogP contribution >= 0.6 is 11.9 Å². The van der Waals surface area contributed by atoms with Crippen molar-refractivity contribution in [2.45, 2.75) is 77.0 Å². The average Bonchev–Trinajstić information content (AvgIpc) is 3.20. The lowest BCUT2D eigenvalue weighted by molar-refractivity contribution is 0.119. The molecule has 3 heterocycles. The standard InChI is InChI=1S/C30H38N4O3S/c1-19-21-17-33-25-16-22(37-29(35)34(38-4)32-30(2,3)31-19)14-15-23(25)27(20-10-6-5-7-11-20)28(33)24-12-8-9-13-26(24)36-18-21/h8-9,12-16,19-21,31-32H,5-7,10-11,17-18H2,1-4H3/t19?,21-/m1/s1. The Hall–Kier alpha value is -2.68. The van der Waals surface area contributed by atoms with Gasteiger partial charge in [-0.25, -0.2) is 4.79 Å². The maximum atomic E-state index is 13.2. The summed E-state index contributed by atoms with van der Waals surface area (Å²) in [5.74, 6) is 2.20. The first-order valence-electron chi connectivity index (χ1n) is 13.8. The maximum absolute atomic E-state index is 13.2. The first kappa shape index (κ1) is 25.6. The van der Waals surface area contributed by atoms with Crippen LogP contribution in [0, 0.1) is 5.92 Å². The van der Waals surface area contributed by atoms with Crippen LogP contribution < -0.4 is 20.2 Å². The van der Waals surface area contributed by atoms with Crippen molar-refractivity contribution in [3.8, 4) is 22.8 Å². The predicted molar refractivity (Wildman–Crippen MR) is 153 cm³/mol. The zero-order chi connectivity index (χ0) is 26.4. The third-order valence-electron chi connectivity index (χ3n) is 8.33. The molecule has 0 radical (unpaired) electrons. The van der Waals surface area contributed by atoms with Gasteiger partial charge >= 0.3 is 6.09 Å². The Kier molecular flexibility index (Phi) is 6.82. The number of rotatable bonds is 2. The Morgan fingerprint density at radius 1 is 1.08 bits per heavy atom. The molecule has 1 fully saturated rings. The van der Waals surface area contributed by atoms with Gasteiger partial charge in [0.2, 0.25) is 0 Å². The summed E-state index contributed by atoms with van der Waals surface area (Å²) in [6.45, 7) is 7.70. The van der Waals surface area contributed by atoms with Gasteiger partial charge in [0.05, 0.1) is 23.5 Å². The smallest absolute Gasteiger partial charge is 0.440 e. The van der Waals surface area contributed by atoms with E-state index in [9.17, 15) is 4.79 Å². The van der Waals surface area contributed by atoms with Crippen LogP contribution in [0.3, 0.4) is 0 Å². The minimum atomic E-state index is -0.559. The molecule has 1 amide bonds. The molecule has 1 aliphatic carbocycles. The highest BCUT2D eigenvalue weighted by atomic mass is 32.2. The Labute approximate surface area is 229 Å². The van der Waals surface area contributed by atoms with Crippen LogP contribution in [0.1, 0.15) is 64.4 Å². The molecule has 0 spiro atoms. The summed E-state index contributed by atoms with van der Waals surface area (Å²) in [4.78, 5) is 13.2. The van der Waals surface area contributed by atoms with Gasteiger partial charge in [-0.05, 0) is 81.3 Å². The van der Waals surface area contributed by atoms with Crippen LogP contribution in [0.4, 0.5) is 4.79 Å². The van der Waals surface area contributed by atoms with Gasteiger partial charge in [-0.2, -0.15) is 9.84 Å². The van der Waals surface area contributed by atoms with Crippen molar-refractivity contribution in [1.82, 2.24) is 19.7 Å². The molecule has 1 aromatic heterocycles. The summed E-state index contributed by atoms with van der Waals surface area (Å²) in [6, 6.07) is 14.8. The molecular formula is C30H38N4O3S. The van der Waals surface area contributed by atoms with Gasteiger partial charge in [0.1, 0.15) is 11.5 Å². The third-order valence-corrected chi connectivity index (χ3v) is 8.94. The fourth-order valence-corrected chi connectivity index (χ4v) is 7.07. The summed E-state index contributed by atoms with van der Waals surface area (Å²) in [6.07, 6.45) is 7.66. The third kappa shape index (κ3) is 4.67. The number of carbonyl (C=O) groups excluding carboxylic acids is 1. The van der Waals surface area contributed by atoms with Gasteiger partial charge in [0, 0.05) is 41.8 Å². The molecule has 3 aliphatic rings. The van der Waals surface area contributed by atoms with Crippen LogP contribution in [0.15, 0.2) is 42.5 Å². The number of amides is 1. The van der Waals surface area contributed by atoms with Crippen LogP contribution in [-0.2, 0) is 6.54 Å². The minimum absolute atomic E-state index is 0.106. The van der Waals surface area contributed by atoms with Gasteiger partial charge in [-0.15, -0.1) is 0 Å². The highest BCUT2D eigenvalue weighted by Crippen LogP contribution is 2.47. The number of hydrazine groups is 1. The Morgan fingerprint density at radius 2 is 1.87 bits per heavy atom. The number of hydrogen-bond donors (Lipinski definition) is 2. The molecule has 202 valence electrons. The molecule has 6 rings (SSSR count). The zero-order valence-corrected chi connectivity index (χ0v) is 23.6. The quantitative estimate of drug-likeness (QED) is 0.358. The molecule has 4 bridgehead atoms. The van der Waals surface area contributed by atoms with Crippen molar-refractivity contribution in [3.05, 3.63) is 48.0 Å². The predicted octanol–water partition coefficient (Wildman–Crippen LogP) is 6.68. The molecule has 0 saturated heterocycles. The largest absolute Gasteiger partial charge is 0.492 e. The van der Waals surface area contributed by atoms with Crippen LogP contribution in [0.5, 0.6) is 11.5 Å². The second kappa shape index (κ2) is 10.1. The van der Waals surface area contributed by atoms with E-state index in [2.05, 4.69) is 58.6 Å². The number of nitrogens with one attached hydrogen (secondary N) is 2. The van der Waals surface area contributed by atoms with E-state index < -0.39 is 11.8 Å². The van der Waals surface area contributed by atoms with Crippen molar-refractivity contribution in [1.29, 1.82) is 0 Å². The number of ether oxygens (including phenoxy) is 2. The molecule has 1 unspecified atom stereocenters. The van der Waals surface area contributed by atoms with Gasteiger partial charge < -0.3 is 14.0 Å². The Balaban J connectivity index is 1.60. The second-order valence-corrected chi connectivity index (χ2v) is 12.2. The zero-order valence-electron chi connectivity index (χ0n) is 22.8. The van der Waals surface area contributed by atoms with E-state index >= 15 is 0 Å². The molecule has 8 heteroatoms. The van der Waals surface area contributed by atoms with Crippen molar-refractivity contribution in [3.63, 3.8) is 0 Å². The highest BCUT2D eigenvalue weighted by molar-refractivity contribution is 7.96. The van der Waals surface area contributed by atoms with E-state index in [-0.39, 0.29) is 12.0 Å². The molecule has 2 aliphatic heterocycles. The van der Waals surface area contributed by atoms with E-state index in [0.29, 0.717) is 18.3 Å². The SMILES string of the molecule is CSN1NC(C)(C)NC(C)[C@H]2COc3ccccc3-c3c(C4CCCCC4)c4ccc(cc4n3C2)OC1=O. The van der Waals surface area contributed by atoms with Crippen molar-refractivity contribution >= 4 is 28.9 Å². The first-order valence-corrected chi connectivity index (χ1v) is 15.0. The van der Waals surface area contributed by atoms with E-state index in [0.717, 1.165) is 23.4 Å². The molecule has 2 aromatic carbocycles. The molecule has 7 nitrogen and oxygen atoms in total. The van der Waals surface area contributed by atoms with Crippen molar-refractivity contribution in [2.75, 3.05) is 12.9 Å². The van der Waals surface area contributed by atoms with E-state index in [1.807, 2.05) is 26.2 Å². The number of aromatic nitrogens is 1. The van der Waals surface area contributed by atoms with E-state index in [1.165, 1.54) is 65.1 Å². The maximum Gasteiger partial charge on any atom is 0.440 e. The van der Waals surface area contributed by atoms with Crippen molar-refractivity contribution < 1.29 is 14.3 Å². The summed E-state index contributed by atoms with van der Waals surface area (Å²) in [5.41, 5.74) is 7.72. The molecule has 2 atom stereocenters. The Morgan fingerprint density at radius 3 is 2.66 bits per heavy atom. The first-order chi connectivity index (χ1) is 18.3. The lowest BCUT2D eigenvalue weighted by Gasteiger charge is -2.38. The average molecular weight is 535 g/mol. The van der Waals surface area contributed by atoms with Crippen LogP contribution in [-0.4, -0.2) is 39.6 Å². The lowest BCUT2D eigenvalue weighted by atomic mass is 9.81.